The summed E-state index contributed by atoms with van der Waals surface area (Å²) in [5.74, 6) is 0. The third kappa shape index (κ3) is 2.43. The van der Waals surface area contributed by atoms with Crippen LogP contribution in [-0.2, 0) is 6.42 Å². The van der Waals surface area contributed by atoms with Gasteiger partial charge in [0.2, 0.25) is 0 Å². The average molecular weight is 303 g/mol. The minimum atomic E-state index is 1.06. The van der Waals surface area contributed by atoms with E-state index in [-0.39, 0.29) is 0 Å². The molecule has 3 heteroatoms. The van der Waals surface area contributed by atoms with Gasteiger partial charge >= 0.3 is 0 Å². The van der Waals surface area contributed by atoms with Gasteiger partial charge in [-0.05, 0) is 44.3 Å². The summed E-state index contributed by atoms with van der Waals surface area (Å²) in [7, 11) is 4.25. The van der Waals surface area contributed by atoms with Crippen molar-refractivity contribution in [3.8, 4) is 0 Å². The SMILES string of the molecule is CN(C)CCc1cn(-n2ccc3ccccc32)c2ccccc12. The molecule has 0 fully saturated rings. The van der Waals surface area contributed by atoms with Gasteiger partial charge in [-0.1, -0.05) is 36.4 Å². The van der Waals surface area contributed by atoms with Gasteiger partial charge in [-0.3, -0.25) is 9.35 Å². The highest BCUT2D eigenvalue weighted by atomic mass is 15.4. The summed E-state index contributed by atoms with van der Waals surface area (Å²) in [6.45, 7) is 1.06. The Labute approximate surface area is 136 Å². The van der Waals surface area contributed by atoms with Crippen LogP contribution in [0.25, 0.3) is 21.8 Å². The third-order valence-electron chi connectivity index (χ3n) is 4.41. The summed E-state index contributed by atoms with van der Waals surface area (Å²) in [6.07, 6.45) is 5.48. The number of fused-ring (bicyclic) bond motifs is 2. The van der Waals surface area contributed by atoms with Crippen molar-refractivity contribution in [1.82, 2.24) is 14.3 Å². The van der Waals surface area contributed by atoms with E-state index in [0.717, 1.165) is 13.0 Å². The maximum absolute atomic E-state index is 2.28. The van der Waals surface area contributed by atoms with Crippen LogP contribution in [0.1, 0.15) is 5.56 Å². The highest BCUT2D eigenvalue weighted by Gasteiger charge is 2.11. The molecular weight excluding hydrogens is 282 g/mol. The minimum absolute atomic E-state index is 1.06. The maximum Gasteiger partial charge on any atom is 0.0705 e. The van der Waals surface area contributed by atoms with E-state index in [4.69, 9.17) is 0 Å². The van der Waals surface area contributed by atoms with Crippen molar-refractivity contribution in [2.45, 2.75) is 6.42 Å². The summed E-state index contributed by atoms with van der Waals surface area (Å²) in [5.41, 5.74) is 3.88. The van der Waals surface area contributed by atoms with Gasteiger partial charge < -0.3 is 4.90 Å². The number of hydrogen-bond acceptors (Lipinski definition) is 1. The van der Waals surface area contributed by atoms with Crippen LogP contribution < -0.4 is 0 Å². The number of nitrogens with zero attached hydrogens (tertiary/aromatic N) is 3. The molecule has 2 aromatic carbocycles. The predicted octanol–water partition coefficient (Wildman–Crippen LogP) is 4.01. The van der Waals surface area contributed by atoms with E-state index in [1.165, 1.54) is 27.4 Å². The second-order valence-corrected chi connectivity index (χ2v) is 6.29. The fourth-order valence-corrected chi connectivity index (χ4v) is 3.21. The van der Waals surface area contributed by atoms with Crippen molar-refractivity contribution in [2.75, 3.05) is 20.6 Å². The van der Waals surface area contributed by atoms with Gasteiger partial charge in [-0.25, -0.2) is 0 Å². The monoisotopic (exact) mass is 303 g/mol. The van der Waals surface area contributed by atoms with Crippen molar-refractivity contribution in [3.05, 3.63) is 72.6 Å². The Balaban J connectivity index is 1.90. The first-order valence-corrected chi connectivity index (χ1v) is 8.04. The standard InChI is InChI=1S/C20H21N3/c1-21(2)13-11-17-15-23(20-10-6-4-8-18(17)20)22-14-12-16-7-3-5-9-19(16)22/h3-10,12,14-15H,11,13H2,1-2H3. The lowest BCUT2D eigenvalue weighted by Crippen LogP contribution is -2.15. The van der Waals surface area contributed by atoms with Crippen LogP contribution in [0, 0.1) is 0 Å². The minimum Gasteiger partial charge on any atom is -0.309 e. The second-order valence-electron chi connectivity index (χ2n) is 6.29. The number of hydrogen-bond donors (Lipinski definition) is 0. The van der Waals surface area contributed by atoms with E-state index in [2.05, 4.69) is 95.3 Å². The van der Waals surface area contributed by atoms with Crippen molar-refractivity contribution in [2.24, 2.45) is 0 Å². The van der Waals surface area contributed by atoms with Gasteiger partial charge in [-0.2, -0.15) is 0 Å². The van der Waals surface area contributed by atoms with Crippen molar-refractivity contribution in [1.29, 1.82) is 0 Å². The summed E-state index contributed by atoms with van der Waals surface area (Å²) in [5, 5.41) is 2.60. The third-order valence-corrected chi connectivity index (χ3v) is 4.41. The molecule has 4 aromatic rings. The Morgan fingerprint density at radius 1 is 0.826 bits per heavy atom. The molecule has 0 saturated heterocycles. The van der Waals surface area contributed by atoms with Crippen molar-refractivity contribution < 1.29 is 0 Å². The molecule has 0 N–H and O–H groups in total. The lowest BCUT2D eigenvalue weighted by atomic mass is 10.1. The smallest absolute Gasteiger partial charge is 0.0705 e. The largest absolute Gasteiger partial charge is 0.309 e. The normalized spacial score (nSPS) is 11.8. The Morgan fingerprint density at radius 3 is 2.39 bits per heavy atom. The molecular formula is C20H21N3. The molecule has 3 nitrogen and oxygen atoms in total. The number of para-hydroxylation sites is 2. The van der Waals surface area contributed by atoms with E-state index >= 15 is 0 Å². The highest BCUT2D eigenvalue weighted by molar-refractivity contribution is 5.85. The van der Waals surface area contributed by atoms with Crippen LogP contribution >= 0.6 is 0 Å². The Morgan fingerprint density at radius 2 is 1.57 bits per heavy atom. The van der Waals surface area contributed by atoms with Gasteiger partial charge in [0.1, 0.15) is 0 Å². The Hall–Kier alpha value is -2.52. The molecule has 2 aromatic heterocycles. The molecule has 2 heterocycles. The van der Waals surface area contributed by atoms with Gasteiger partial charge in [0.15, 0.2) is 0 Å². The number of aromatic nitrogens is 2. The zero-order chi connectivity index (χ0) is 15.8. The summed E-state index contributed by atoms with van der Waals surface area (Å²) in [4.78, 5) is 2.23. The van der Waals surface area contributed by atoms with Crippen LogP contribution in [0.4, 0.5) is 0 Å². The van der Waals surface area contributed by atoms with Crippen molar-refractivity contribution >= 4 is 21.8 Å². The molecule has 0 radical (unpaired) electrons. The molecule has 0 unspecified atom stereocenters. The fraction of sp³-hybridized carbons (Fsp3) is 0.200. The molecule has 0 aliphatic rings. The summed E-state index contributed by atoms with van der Waals surface area (Å²) in [6, 6.07) is 19.3. The van der Waals surface area contributed by atoms with E-state index in [1.54, 1.807) is 0 Å². The lowest BCUT2D eigenvalue weighted by Gasteiger charge is -2.09. The maximum atomic E-state index is 2.28. The quantitative estimate of drug-likeness (QED) is 0.555. The molecule has 0 spiro atoms. The van der Waals surface area contributed by atoms with Crippen LogP contribution in [0.2, 0.25) is 0 Å². The molecule has 4 rings (SSSR count). The first-order chi connectivity index (χ1) is 11.2. The van der Waals surface area contributed by atoms with E-state index in [9.17, 15) is 0 Å². The molecule has 0 atom stereocenters. The Bertz CT molecular complexity index is 959. The molecule has 0 aliphatic heterocycles. The van der Waals surface area contributed by atoms with E-state index in [0.29, 0.717) is 0 Å². The fourth-order valence-electron chi connectivity index (χ4n) is 3.21. The molecule has 0 amide bonds. The van der Waals surface area contributed by atoms with E-state index < -0.39 is 0 Å². The number of likely N-dealkylation sites (N-methyl/N-ethyl adjacent to an activating group) is 1. The van der Waals surface area contributed by atoms with Gasteiger partial charge in [0.25, 0.3) is 0 Å². The highest BCUT2D eigenvalue weighted by Crippen LogP contribution is 2.24. The van der Waals surface area contributed by atoms with Gasteiger partial charge in [0, 0.05) is 29.7 Å². The molecule has 0 bridgehead atoms. The zero-order valence-corrected chi connectivity index (χ0v) is 13.6. The molecule has 23 heavy (non-hydrogen) atoms. The van der Waals surface area contributed by atoms with Gasteiger partial charge in [0.05, 0.1) is 11.0 Å². The first kappa shape index (κ1) is 14.1. The first-order valence-electron chi connectivity index (χ1n) is 8.04. The Kier molecular flexibility index (Phi) is 3.43. The topological polar surface area (TPSA) is 13.1 Å². The van der Waals surface area contributed by atoms with Crippen LogP contribution in [0.3, 0.4) is 0 Å². The summed E-state index contributed by atoms with van der Waals surface area (Å²) < 4.78 is 4.50. The average Bonchev–Trinajstić information content (AvgIpc) is 3.14. The lowest BCUT2D eigenvalue weighted by molar-refractivity contribution is 0.414. The van der Waals surface area contributed by atoms with Crippen LogP contribution in [0.15, 0.2) is 67.0 Å². The second kappa shape index (κ2) is 5.60. The van der Waals surface area contributed by atoms with Crippen LogP contribution in [0.5, 0.6) is 0 Å². The zero-order valence-electron chi connectivity index (χ0n) is 13.6. The molecule has 0 aliphatic carbocycles. The number of benzene rings is 2. The summed E-state index contributed by atoms with van der Waals surface area (Å²) >= 11 is 0. The van der Waals surface area contributed by atoms with Gasteiger partial charge in [-0.15, -0.1) is 0 Å². The number of rotatable bonds is 4. The van der Waals surface area contributed by atoms with E-state index in [1.807, 2.05) is 0 Å². The molecule has 116 valence electrons. The van der Waals surface area contributed by atoms with Crippen molar-refractivity contribution in [3.63, 3.8) is 0 Å². The predicted molar refractivity (Wildman–Crippen MR) is 96.9 cm³/mol. The molecule has 0 saturated carbocycles. The van der Waals surface area contributed by atoms with Crippen LogP contribution in [-0.4, -0.2) is 34.9 Å².